The maximum atomic E-state index is 11.8. The third kappa shape index (κ3) is 3.59. The third-order valence-corrected chi connectivity index (χ3v) is 4.64. The molecule has 0 unspecified atom stereocenters. The van der Waals surface area contributed by atoms with E-state index in [4.69, 9.17) is 4.74 Å². The number of anilines is 1. The van der Waals surface area contributed by atoms with Crippen LogP contribution in [0.3, 0.4) is 0 Å². The number of nitrogens with one attached hydrogen (secondary N) is 1. The number of rotatable bonds is 5. The van der Waals surface area contributed by atoms with Gasteiger partial charge in [0.15, 0.2) is 5.13 Å². The number of hydrogen-bond acceptors (Lipinski definition) is 6. The van der Waals surface area contributed by atoms with Crippen LogP contribution in [0.25, 0.3) is 0 Å². The number of esters is 1. The Morgan fingerprint density at radius 1 is 1.48 bits per heavy atom. The number of hydrogen-bond donors (Lipinski definition) is 1. The van der Waals surface area contributed by atoms with Crippen molar-refractivity contribution in [3.63, 3.8) is 0 Å². The van der Waals surface area contributed by atoms with E-state index in [0.29, 0.717) is 24.8 Å². The van der Waals surface area contributed by atoms with E-state index in [-0.39, 0.29) is 17.8 Å². The SMILES string of the molecule is CCOC(=O)CN1CCc2nc(NC(=O)C3CC3)sc2C1. The maximum absolute atomic E-state index is 11.8. The molecule has 0 spiro atoms. The summed E-state index contributed by atoms with van der Waals surface area (Å²) in [7, 11) is 0. The van der Waals surface area contributed by atoms with Crippen molar-refractivity contribution in [2.24, 2.45) is 5.92 Å². The molecule has 1 N–H and O–H groups in total. The number of carbonyl (C=O) groups is 2. The van der Waals surface area contributed by atoms with E-state index in [1.54, 1.807) is 0 Å². The highest BCUT2D eigenvalue weighted by Gasteiger charge is 2.31. The zero-order chi connectivity index (χ0) is 14.8. The topological polar surface area (TPSA) is 71.5 Å². The molecule has 1 aliphatic carbocycles. The largest absolute Gasteiger partial charge is 0.465 e. The van der Waals surface area contributed by atoms with Gasteiger partial charge in [-0.1, -0.05) is 0 Å². The fourth-order valence-corrected chi connectivity index (χ4v) is 3.43. The first kappa shape index (κ1) is 14.5. The van der Waals surface area contributed by atoms with E-state index in [1.165, 1.54) is 11.3 Å². The van der Waals surface area contributed by atoms with Gasteiger partial charge >= 0.3 is 5.97 Å². The highest BCUT2D eigenvalue weighted by molar-refractivity contribution is 7.15. The van der Waals surface area contributed by atoms with Crippen LogP contribution in [0, 0.1) is 5.92 Å². The summed E-state index contributed by atoms with van der Waals surface area (Å²) >= 11 is 1.52. The Balaban J connectivity index is 1.59. The van der Waals surface area contributed by atoms with Gasteiger partial charge in [0.05, 0.1) is 18.8 Å². The van der Waals surface area contributed by atoms with E-state index in [9.17, 15) is 9.59 Å². The predicted molar refractivity (Wildman–Crippen MR) is 79.1 cm³/mol. The molecule has 1 aliphatic heterocycles. The molecule has 3 rings (SSSR count). The Labute approximate surface area is 127 Å². The highest BCUT2D eigenvalue weighted by atomic mass is 32.1. The van der Waals surface area contributed by atoms with Crippen LogP contribution in [0.1, 0.15) is 30.3 Å². The number of carbonyl (C=O) groups excluding carboxylic acids is 2. The Hall–Kier alpha value is -1.47. The smallest absolute Gasteiger partial charge is 0.320 e. The fraction of sp³-hybridized carbons (Fsp3) is 0.643. The molecule has 1 saturated carbocycles. The lowest BCUT2D eigenvalue weighted by molar-refractivity contribution is -0.144. The highest BCUT2D eigenvalue weighted by Crippen LogP contribution is 2.32. The average molecular weight is 309 g/mol. The van der Waals surface area contributed by atoms with Gasteiger partial charge in [0.2, 0.25) is 5.91 Å². The normalized spacial score (nSPS) is 18.1. The first-order chi connectivity index (χ1) is 10.2. The van der Waals surface area contributed by atoms with E-state index in [1.807, 2.05) is 6.92 Å². The summed E-state index contributed by atoms with van der Waals surface area (Å²) in [5.74, 6) is 0.0865. The zero-order valence-corrected chi connectivity index (χ0v) is 12.9. The van der Waals surface area contributed by atoms with Crippen LogP contribution in [-0.2, 0) is 27.3 Å². The van der Waals surface area contributed by atoms with Crippen LogP contribution in [0.5, 0.6) is 0 Å². The van der Waals surface area contributed by atoms with Crippen LogP contribution < -0.4 is 5.32 Å². The van der Waals surface area contributed by atoms with Crippen LogP contribution in [0.4, 0.5) is 5.13 Å². The van der Waals surface area contributed by atoms with Crippen molar-refractivity contribution >= 4 is 28.3 Å². The summed E-state index contributed by atoms with van der Waals surface area (Å²) in [5.41, 5.74) is 1.05. The molecule has 6 nitrogen and oxygen atoms in total. The minimum atomic E-state index is -0.187. The van der Waals surface area contributed by atoms with Gasteiger partial charge in [-0.15, -0.1) is 11.3 Å². The van der Waals surface area contributed by atoms with Crippen molar-refractivity contribution in [1.82, 2.24) is 9.88 Å². The second-order valence-electron chi connectivity index (χ2n) is 5.42. The Bertz CT molecular complexity index is 554. The van der Waals surface area contributed by atoms with Gasteiger partial charge in [0.25, 0.3) is 0 Å². The van der Waals surface area contributed by atoms with Gasteiger partial charge < -0.3 is 10.1 Å². The fourth-order valence-electron chi connectivity index (χ4n) is 2.38. The molecule has 0 aromatic carbocycles. The second-order valence-corrected chi connectivity index (χ2v) is 6.50. The number of amides is 1. The summed E-state index contributed by atoms with van der Waals surface area (Å²) in [4.78, 5) is 31.0. The van der Waals surface area contributed by atoms with Crippen LogP contribution >= 0.6 is 11.3 Å². The predicted octanol–water partition coefficient (Wildman–Crippen LogP) is 1.41. The summed E-state index contributed by atoms with van der Waals surface area (Å²) in [6.07, 6.45) is 2.79. The monoisotopic (exact) mass is 309 g/mol. The third-order valence-electron chi connectivity index (χ3n) is 3.65. The molecule has 1 amide bonds. The molecule has 7 heteroatoms. The molecule has 0 saturated heterocycles. The number of thiazole rings is 1. The molecule has 1 aromatic heterocycles. The van der Waals surface area contributed by atoms with E-state index < -0.39 is 0 Å². The molecule has 1 fully saturated rings. The van der Waals surface area contributed by atoms with Crippen molar-refractivity contribution < 1.29 is 14.3 Å². The van der Waals surface area contributed by atoms with Crippen molar-refractivity contribution in [1.29, 1.82) is 0 Å². The van der Waals surface area contributed by atoms with Gasteiger partial charge in [-0.05, 0) is 19.8 Å². The average Bonchev–Trinajstić information content (AvgIpc) is 3.20. The van der Waals surface area contributed by atoms with Crippen LogP contribution in [0.15, 0.2) is 0 Å². The van der Waals surface area contributed by atoms with Gasteiger partial charge in [-0.25, -0.2) is 4.98 Å². The lowest BCUT2D eigenvalue weighted by Crippen LogP contribution is -2.35. The molecule has 2 aliphatic rings. The minimum Gasteiger partial charge on any atom is -0.465 e. The van der Waals surface area contributed by atoms with Crippen molar-refractivity contribution in [2.45, 2.75) is 32.7 Å². The Morgan fingerprint density at radius 2 is 2.29 bits per heavy atom. The van der Waals surface area contributed by atoms with E-state index in [2.05, 4.69) is 15.2 Å². The van der Waals surface area contributed by atoms with E-state index in [0.717, 1.165) is 36.4 Å². The first-order valence-electron chi connectivity index (χ1n) is 7.33. The first-order valence-corrected chi connectivity index (χ1v) is 8.14. The quantitative estimate of drug-likeness (QED) is 0.833. The molecule has 0 bridgehead atoms. The number of aromatic nitrogens is 1. The summed E-state index contributed by atoms with van der Waals surface area (Å²) in [6, 6.07) is 0. The standard InChI is InChI=1S/C14H19N3O3S/c1-2-20-12(18)8-17-6-5-10-11(7-17)21-14(15-10)16-13(19)9-3-4-9/h9H,2-8H2,1H3,(H,15,16,19). The second kappa shape index (κ2) is 6.11. The van der Waals surface area contributed by atoms with E-state index >= 15 is 0 Å². The van der Waals surface area contributed by atoms with Gasteiger partial charge in [0.1, 0.15) is 0 Å². The van der Waals surface area contributed by atoms with Crippen molar-refractivity contribution in [3.05, 3.63) is 10.6 Å². The molecular weight excluding hydrogens is 290 g/mol. The van der Waals surface area contributed by atoms with Gasteiger partial charge in [-0.2, -0.15) is 0 Å². The molecule has 0 atom stereocenters. The minimum absolute atomic E-state index is 0.0875. The van der Waals surface area contributed by atoms with Crippen molar-refractivity contribution in [3.8, 4) is 0 Å². The summed E-state index contributed by atoms with van der Waals surface area (Å²) in [6.45, 7) is 4.03. The maximum Gasteiger partial charge on any atom is 0.320 e. The van der Waals surface area contributed by atoms with Crippen LogP contribution in [-0.4, -0.2) is 41.5 Å². The Kier molecular flexibility index (Phi) is 4.21. The van der Waals surface area contributed by atoms with Gasteiger partial charge in [-0.3, -0.25) is 14.5 Å². The summed E-state index contributed by atoms with van der Waals surface area (Å²) < 4.78 is 4.97. The van der Waals surface area contributed by atoms with Gasteiger partial charge in [0, 0.05) is 30.3 Å². The molecule has 2 heterocycles. The molecule has 114 valence electrons. The zero-order valence-electron chi connectivity index (χ0n) is 12.1. The molecular formula is C14H19N3O3S. The molecule has 0 radical (unpaired) electrons. The summed E-state index contributed by atoms with van der Waals surface area (Å²) in [5, 5.41) is 3.59. The number of nitrogens with zero attached hydrogens (tertiary/aromatic N) is 2. The molecule has 1 aromatic rings. The number of fused-ring (bicyclic) bond motifs is 1. The lowest BCUT2D eigenvalue weighted by atomic mass is 10.2. The number of ether oxygens (including phenoxy) is 1. The van der Waals surface area contributed by atoms with Crippen molar-refractivity contribution in [2.75, 3.05) is 25.0 Å². The lowest BCUT2D eigenvalue weighted by Gasteiger charge is -2.24. The molecule has 21 heavy (non-hydrogen) atoms. The van der Waals surface area contributed by atoms with Crippen LogP contribution in [0.2, 0.25) is 0 Å². The Morgan fingerprint density at radius 3 is 3.00 bits per heavy atom.